The smallest absolute Gasteiger partial charge is 0.308 e. The number of ether oxygens (including phenoxy) is 3. The number of esters is 1. The lowest BCUT2D eigenvalue weighted by Gasteiger charge is -2.29. The maximum absolute atomic E-state index is 12.0. The van der Waals surface area contributed by atoms with Gasteiger partial charge in [0, 0.05) is 25.8 Å². The van der Waals surface area contributed by atoms with Gasteiger partial charge in [0.2, 0.25) is 0 Å². The zero-order valence-electron chi connectivity index (χ0n) is 19.6. The highest BCUT2D eigenvalue weighted by atomic mass is 16.5. The van der Waals surface area contributed by atoms with E-state index in [4.69, 9.17) is 19.2 Å². The molecule has 1 saturated carbocycles. The minimum absolute atomic E-state index is 0.0404. The molecule has 0 bridgehead atoms. The Morgan fingerprint density at radius 1 is 1.09 bits per heavy atom. The first-order valence-corrected chi connectivity index (χ1v) is 12.2. The van der Waals surface area contributed by atoms with Crippen molar-refractivity contribution in [3.05, 3.63) is 35.4 Å². The zero-order chi connectivity index (χ0) is 22.6. The van der Waals surface area contributed by atoms with E-state index in [1.54, 1.807) is 0 Å². The van der Waals surface area contributed by atoms with Crippen molar-refractivity contribution in [2.45, 2.75) is 77.7 Å². The molecule has 2 N–H and O–H groups in total. The molecule has 2 aliphatic rings. The molecule has 1 aromatic carbocycles. The predicted molar refractivity (Wildman–Crippen MR) is 125 cm³/mol. The van der Waals surface area contributed by atoms with Crippen molar-refractivity contribution in [1.29, 1.82) is 0 Å². The number of aliphatic imine (C=N–C) groups is 1. The van der Waals surface area contributed by atoms with E-state index < -0.39 is 0 Å². The van der Waals surface area contributed by atoms with Crippen LogP contribution in [0.3, 0.4) is 0 Å². The van der Waals surface area contributed by atoms with Crippen LogP contribution in [-0.2, 0) is 32.2 Å². The lowest BCUT2D eigenvalue weighted by molar-refractivity contribution is -0.149. The van der Waals surface area contributed by atoms with E-state index >= 15 is 0 Å². The Hall–Kier alpha value is -2.12. The molecule has 32 heavy (non-hydrogen) atoms. The second-order valence-electron chi connectivity index (χ2n) is 8.58. The molecule has 0 atom stereocenters. The van der Waals surface area contributed by atoms with Gasteiger partial charge < -0.3 is 24.8 Å². The van der Waals surface area contributed by atoms with Crippen LogP contribution in [0.4, 0.5) is 0 Å². The molecule has 0 amide bonds. The Morgan fingerprint density at radius 2 is 1.84 bits per heavy atom. The van der Waals surface area contributed by atoms with Crippen LogP contribution in [0.15, 0.2) is 29.3 Å². The molecule has 2 fully saturated rings. The monoisotopic (exact) mass is 445 g/mol. The molecule has 0 unspecified atom stereocenters. The summed E-state index contributed by atoms with van der Waals surface area (Å²) < 4.78 is 16.6. The van der Waals surface area contributed by atoms with E-state index in [1.807, 2.05) is 6.92 Å². The Balaban J connectivity index is 1.48. The molecule has 3 rings (SSSR count). The third-order valence-corrected chi connectivity index (χ3v) is 6.10. The van der Waals surface area contributed by atoms with Gasteiger partial charge in [0.25, 0.3) is 0 Å². The van der Waals surface area contributed by atoms with Crippen molar-refractivity contribution in [2.75, 3.05) is 26.4 Å². The van der Waals surface area contributed by atoms with Crippen LogP contribution < -0.4 is 10.6 Å². The number of nitrogens with zero attached hydrogens (tertiary/aromatic N) is 1. The molecule has 7 heteroatoms. The third-order valence-electron chi connectivity index (χ3n) is 6.10. The van der Waals surface area contributed by atoms with Crippen molar-refractivity contribution in [1.82, 2.24) is 10.6 Å². The molecular formula is C25H39N3O4. The first kappa shape index (κ1) is 24.5. The number of benzene rings is 1. The van der Waals surface area contributed by atoms with Crippen molar-refractivity contribution < 1.29 is 19.0 Å². The fourth-order valence-corrected chi connectivity index (χ4v) is 4.29. The summed E-state index contributed by atoms with van der Waals surface area (Å²) in [6.45, 7) is 8.03. The highest BCUT2D eigenvalue weighted by Crippen LogP contribution is 2.25. The molecule has 1 saturated heterocycles. The average molecular weight is 446 g/mol. The van der Waals surface area contributed by atoms with Gasteiger partial charge in [0.05, 0.1) is 31.8 Å². The Bertz CT molecular complexity index is 726. The van der Waals surface area contributed by atoms with Crippen LogP contribution in [0, 0.1) is 5.92 Å². The van der Waals surface area contributed by atoms with Crippen LogP contribution in [0.2, 0.25) is 0 Å². The average Bonchev–Trinajstić information content (AvgIpc) is 2.83. The van der Waals surface area contributed by atoms with E-state index in [1.165, 1.54) is 11.1 Å². The minimum atomic E-state index is -0.0489. The summed E-state index contributed by atoms with van der Waals surface area (Å²) >= 11 is 0. The van der Waals surface area contributed by atoms with Crippen LogP contribution in [-0.4, -0.2) is 50.4 Å². The van der Waals surface area contributed by atoms with Crippen molar-refractivity contribution in [3.63, 3.8) is 0 Å². The summed E-state index contributed by atoms with van der Waals surface area (Å²) in [5, 5.41) is 6.90. The molecule has 1 heterocycles. The van der Waals surface area contributed by atoms with Gasteiger partial charge in [-0.25, -0.2) is 4.99 Å². The maximum atomic E-state index is 12.0. The van der Waals surface area contributed by atoms with Gasteiger partial charge >= 0.3 is 5.97 Å². The highest BCUT2D eigenvalue weighted by Gasteiger charge is 2.27. The summed E-state index contributed by atoms with van der Waals surface area (Å²) in [5.74, 6) is 0.821. The van der Waals surface area contributed by atoms with Crippen molar-refractivity contribution in [2.24, 2.45) is 10.9 Å². The van der Waals surface area contributed by atoms with Crippen LogP contribution in [0.5, 0.6) is 0 Å². The summed E-state index contributed by atoms with van der Waals surface area (Å²) in [4.78, 5) is 16.8. The number of guanidine groups is 1. The maximum Gasteiger partial charge on any atom is 0.308 e. The van der Waals surface area contributed by atoms with Gasteiger partial charge in [-0.15, -0.1) is 0 Å². The standard InChI is InChI=1S/C25H39N3O4/c1-3-26-25(28-22-10-8-21(9-11-22)24(29)31-4-2)27-17-19-6-5-7-20(16-19)18-32-23-12-14-30-15-13-23/h5-7,16,21-23H,3-4,8-15,17-18H2,1-2H3,(H2,26,27,28). The molecule has 0 aromatic heterocycles. The first-order valence-electron chi connectivity index (χ1n) is 12.2. The summed E-state index contributed by atoms with van der Waals surface area (Å²) in [6.07, 6.45) is 5.89. The Kier molecular flexibility index (Phi) is 10.3. The highest BCUT2D eigenvalue weighted by molar-refractivity contribution is 5.80. The Morgan fingerprint density at radius 3 is 2.56 bits per heavy atom. The predicted octanol–water partition coefficient (Wildman–Crippen LogP) is 3.56. The lowest BCUT2D eigenvalue weighted by atomic mass is 9.86. The van der Waals surface area contributed by atoms with Gasteiger partial charge in [-0.3, -0.25) is 4.79 Å². The van der Waals surface area contributed by atoms with Gasteiger partial charge in [-0.05, 0) is 63.5 Å². The number of hydrogen-bond acceptors (Lipinski definition) is 5. The van der Waals surface area contributed by atoms with E-state index in [9.17, 15) is 4.79 Å². The second-order valence-corrected chi connectivity index (χ2v) is 8.58. The molecule has 1 aromatic rings. The summed E-state index contributed by atoms with van der Waals surface area (Å²) in [6, 6.07) is 8.80. The van der Waals surface area contributed by atoms with Crippen molar-refractivity contribution in [3.8, 4) is 0 Å². The molecular weight excluding hydrogens is 406 g/mol. The van der Waals surface area contributed by atoms with Crippen LogP contribution in [0.1, 0.15) is 63.5 Å². The number of rotatable bonds is 9. The molecule has 1 aliphatic carbocycles. The normalized spacial score (nSPS) is 22.4. The van der Waals surface area contributed by atoms with E-state index in [-0.39, 0.29) is 11.9 Å². The lowest BCUT2D eigenvalue weighted by Crippen LogP contribution is -2.45. The summed E-state index contributed by atoms with van der Waals surface area (Å²) in [5.41, 5.74) is 2.35. The molecule has 178 valence electrons. The third kappa shape index (κ3) is 8.10. The van der Waals surface area contributed by atoms with E-state index in [2.05, 4.69) is 41.8 Å². The minimum Gasteiger partial charge on any atom is -0.466 e. The largest absolute Gasteiger partial charge is 0.466 e. The molecule has 7 nitrogen and oxygen atoms in total. The first-order chi connectivity index (χ1) is 15.7. The van der Waals surface area contributed by atoms with Crippen molar-refractivity contribution >= 4 is 11.9 Å². The second kappa shape index (κ2) is 13.4. The topological polar surface area (TPSA) is 81.2 Å². The van der Waals surface area contributed by atoms with Gasteiger partial charge in [-0.1, -0.05) is 24.3 Å². The van der Waals surface area contributed by atoms with Gasteiger partial charge in [0.15, 0.2) is 5.96 Å². The number of carbonyl (C=O) groups excluding carboxylic acids is 1. The molecule has 1 aliphatic heterocycles. The number of hydrogen-bond donors (Lipinski definition) is 2. The Labute approximate surface area is 192 Å². The van der Waals surface area contributed by atoms with E-state index in [0.29, 0.717) is 31.9 Å². The summed E-state index contributed by atoms with van der Waals surface area (Å²) in [7, 11) is 0. The van der Waals surface area contributed by atoms with E-state index in [0.717, 1.165) is 64.2 Å². The SMILES string of the molecule is CCNC(=NCc1cccc(COC2CCOCC2)c1)NC1CCC(C(=O)OCC)CC1. The zero-order valence-corrected chi connectivity index (χ0v) is 19.6. The van der Waals surface area contributed by atoms with Crippen LogP contribution >= 0.6 is 0 Å². The number of nitrogens with one attached hydrogen (secondary N) is 2. The fraction of sp³-hybridized carbons (Fsp3) is 0.680. The van der Waals surface area contributed by atoms with Gasteiger partial charge in [0.1, 0.15) is 0 Å². The fourth-order valence-electron chi connectivity index (χ4n) is 4.29. The molecule has 0 spiro atoms. The van der Waals surface area contributed by atoms with Crippen LogP contribution in [0.25, 0.3) is 0 Å². The van der Waals surface area contributed by atoms with Gasteiger partial charge in [-0.2, -0.15) is 0 Å². The quantitative estimate of drug-likeness (QED) is 0.344. The molecule has 0 radical (unpaired) electrons. The number of carbonyl (C=O) groups is 1.